The molecular formula is C16H30N4S. The number of hydrogen-bond acceptors (Lipinski definition) is 5. The lowest BCUT2D eigenvalue weighted by Crippen LogP contribution is -2.17. The lowest BCUT2D eigenvalue weighted by Gasteiger charge is -2.18. The quantitative estimate of drug-likeness (QED) is 0.718. The monoisotopic (exact) mass is 310 g/mol. The molecule has 1 atom stereocenters. The second-order valence-electron chi connectivity index (χ2n) is 5.93. The standard InChI is InChI=1S/C16H30N4S/c1-7-8-17-15-13(5)16(18-9-12(4)10-21-6)20-14(19-15)11(2)3/h11-12H,7-10H2,1-6H3,(H2,17,18,19,20). The summed E-state index contributed by atoms with van der Waals surface area (Å²) in [5.41, 5.74) is 1.12. The zero-order valence-electron chi connectivity index (χ0n) is 14.3. The van der Waals surface area contributed by atoms with E-state index in [1.807, 2.05) is 11.8 Å². The summed E-state index contributed by atoms with van der Waals surface area (Å²) in [5.74, 6) is 4.96. The molecule has 0 aliphatic heterocycles. The highest BCUT2D eigenvalue weighted by molar-refractivity contribution is 7.98. The van der Waals surface area contributed by atoms with E-state index in [4.69, 9.17) is 4.98 Å². The van der Waals surface area contributed by atoms with Crippen molar-refractivity contribution in [1.82, 2.24) is 9.97 Å². The minimum Gasteiger partial charge on any atom is -0.370 e. The summed E-state index contributed by atoms with van der Waals surface area (Å²) >= 11 is 1.89. The summed E-state index contributed by atoms with van der Waals surface area (Å²) in [6.45, 7) is 12.7. The Morgan fingerprint density at radius 2 is 1.71 bits per heavy atom. The molecule has 0 spiro atoms. The van der Waals surface area contributed by atoms with E-state index in [9.17, 15) is 0 Å². The van der Waals surface area contributed by atoms with Gasteiger partial charge in [-0.05, 0) is 31.3 Å². The van der Waals surface area contributed by atoms with Gasteiger partial charge in [-0.1, -0.05) is 27.7 Å². The molecule has 2 N–H and O–H groups in total. The van der Waals surface area contributed by atoms with Crippen LogP contribution in [0.3, 0.4) is 0 Å². The smallest absolute Gasteiger partial charge is 0.135 e. The van der Waals surface area contributed by atoms with Gasteiger partial charge in [-0.3, -0.25) is 0 Å². The predicted octanol–water partition coefficient (Wildman–Crippen LogP) is 4.14. The highest BCUT2D eigenvalue weighted by Gasteiger charge is 2.13. The number of rotatable bonds is 9. The van der Waals surface area contributed by atoms with Crippen LogP contribution in [-0.2, 0) is 0 Å². The minimum absolute atomic E-state index is 0.331. The van der Waals surface area contributed by atoms with Crippen LogP contribution in [0.15, 0.2) is 0 Å². The fourth-order valence-corrected chi connectivity index (χ4v) is 2.68. The zero-order valence-corrected chi connectivity index (χ0v) is 15.1. The fraction of sp³-hybridized carbons (Fsp3) is 0.750. The molecule has 0 amide bonds. The number of nitrogens with zero attached hydrogens (tertiary/aromatic N) is 2. The summed E-state index contributed by atoms with van der Waals surface area (Å²) in [4.78, 5) is 9.37. The largest absolute Gasteiger partial charge is 0.370 e. The molecule has 1 heterocycles. The maximum absolute atomic E-state index is 4.70. The molecule has 0 aliphatic rings. The molecule has 120 valence electrons. The van der Waals surface area contributed by atoms with E-state index in [-0.39, 0.29) is 0 Å². The molecule has 1 aromatic heterocycles. The molecule has 0 aliphatic carbocycles. The molecular weight excluding hydrogens is 280 g/mol. The Morgan fingerprint density at radius 3 is 2.24 bits per heavy atom. The van der Waals surface area contributed by atoms with E-state index in [1.165, 1.54) is 0 Å². The van der Waals surface area contributed by atoms with Gasteiger partial charge in [-0.2, -0.15) is 11.8 Å². The first-order valence-corrected chi connectivity index (χ1v) is 9.24. The van der Waals surface area contributed by atoms with Crippen LogP contribution in [-0.4, -0.2) is 35.1 Å². The van der Waals surface area contributed by atoms with Gasteiger partial charge in [-0.15, -0.1) is 0 Å². The number of nitrogens with one attached hydrogen (secondary N) is 2. The molecule has 0 saturated carbocycles. The number of anilines is 2. The second-order valence-corrected chi connectivity index (χ2v) is 6.84. The molecule has 0 fully saturated rings. The van der Waals surface area contributed by atoms with Crippen molar-refractivity contribution in [2.45, 2.75) is 47.0 Å². The topological polar surface area (TPSA) is 49.8 Å². The highest BCUT2D eigenvalue weighted by atomic mass is 32.2. The SMILES string of the molecule is CCCNc1nc(C(C)C)nc(NCC(C)CSC)c1C. The van der Waals surface area contributed by atoms with E-state index >= 15 is 0 Å². The third kappa shape index (κ3) is 5.73. The summed E-state index contributed by atoms with van der Waals surface area (Å²) in [6, 6.07) is 0. The van der Waals surface area contributed by atoms with Crippen LogP contribution >= 0.6 is 11.8 Å². The third-order valence-electron chi connectivity index (χ3n) is 3.29. The molecule has 4 nitrogen and oxygen atoms in total. The summed E-state index contributed by atoms with van der Waals surface area (Å²) in [7, 11) is 0. The first-order chi connectivity index (χ1) is 9.99. The normalized spacial score (nSPS) is 12.5. The van der Waals surface area contributed by atoms with Crippen molar-refractivity contribution in [2.24, 2.45) is 5.92 Å². The van der Waals surface area contributed by atoms with E-state index in [2.05, 4.69) is 56.5 Å². The van der Waals surface area contributed by atoms with Gasteiger partial charge in [0.25, 0.3) is 0 Å². The molecule has 0 radical (unpaired) electrons. The molecule has 1 aromatic rings. The van der Waals surface area contributed by atoms with Gasteiger partial charge >= 0.3 is 0 Å². The van der Waals surface area contributed by atoms with Crippen LogP contribution in [0.5, 0.6) is 0 Å². The van der Waals surface area contributed by atoms with Gasteiger partial charge in [0, 0.05) is 24.6 Å². The first-order valence-electron chi connectivity index (χ1n) is 7.84. The molecule has 0 aromatic carbocycles. The predicted molar refractivity (Wildman–Crippen MR) is 95.7 cm³/mol. The lowest BCUT2D eigenvalue weighted by molar-refractivity contribution is 0.695. The number of hydrogen-bond donors (Lipinski definition) is 2. The fourth-order valence-electron chi connectivity index (χ4n) is 1.99. The summed E-state index contributed by atoms with van der Waals surface area (Å²) in [6.07, 6.45) is 3.24. The minimum atomic E-state index is 0.331. The molecule has 0 bridgehead atoms. The van der Waals surface area contributed by atoms with Crippen LogP contribution < -0.4 is 10.6 Å². The maximum atomic E-state index is 4.70. The molecule has 1 unspecified atom stereocenters. The molecule has 5 heteroatoms. The Kier molecular flexibility index (Phi) is 7.86. The highest BCUT2D eigenvalue weighted by Crippen LogP contribution is 2.23. The van der Waals surface area contributed by atoms with Gasteiger partial charge in [0.15, 0.2) is 0 Å². The van der Waals surface area contributed by atoms with Crippen molar-refractivity contribution >= 4 is 23.4 Å². The van der Waals surface area contributed by atoms with Crippen molar-refractivity contribution < 1.29 is 0 Å². The van der Waals surface area contributed by atoms with E-state index in [1.54, 1.807) is 0 Å². The maximum Gasteiger partial charge on any atom is 0.135 e. The van der Waals surface area contributed by atoms with Gasteiger partial charge < -0.3 is 10.6 Å². The summed E-state index contributed by atoms with van der Waals surface area (Å²) in [5, 5.41) is 6.92. The summed E-state index contributed by atoms with van der Waals surface area (Å²) < 4.78 is 0. The first kappa shape index (κ1) is 18.1. The van der Waals surface area contributed by atoms with Crippen molar-refractivity contribution in [1.29, 1.82) is 0 Å². The van der Waals surface area contributed by atoms with Gasteiger partial charge in [0.1, 0.15) is 17.5 Å². The van der Waals surface area contributed by atoms with E-state index in [0.717, 1.165) is 48.3 Å². The molecule has 1 rings (SSSR count). The van der Waals surface area contributed by atoms with Crippen molar-refractivity contribution in [2.75, 3.05) is 35.7 Å². The Bertz CT molecular complexity index is 435. The van der Waals surface area contributed by atoms with Crippen LogP contribution in [0.2, 0.25) is 0 Å². The van der Waals surface area contributed by atoms with Gasteiger partial charge in [0.2, 0.25) is 0 Å². The molecule has 21 heavy (non-hydrogen) atoms. The second kappa shape index (κ2) is 9.13. The lowest BCUT2D eigenvalue weighted by atomic mass is 10.2. The van der Waals surface area contributed by atoms with Gasteiger partial charge in [-0.25, -0.2) is 9.97 Å². The third-order valence-corrected chi connectivity index (χ3v) is 4.19. The van der Waals surface area contributed by atoms with E-state index < -0.39 is 0 Å². The van der Waals surface area contributed by atoms with Crippen molar-refractivity contribution in [3.8, 4) is 0 Å². The van der Waals surface area contributed by atoms with Crippen LogP contribution in [0.4, 0.5) is 11.6 Å². The van der Waals surface area contributed by atoms with Crippen molar-refractivity contribution in [3.63, 3.8) is 0 Å². The number of thioether (sulfide) groups is 1. The van der Waals surface area contributed by atoms with Gasteiger partial charge in [0.05, 0.1) is 0 Å². The zero-order chi connectivity index (χ0) is 15.8. The Morgan fingerprint density at radius 1 is 1.10 bits per heavy atom. The number of aromatic nitrogens is 2. The van der Waals surface area contributed by atoms with Crippen LogP contribution in [0.25, 0.3) is 0 Å². The average Bonchev–Trinajstić information content (AvgIpc) is 2.45. The Hall–Kier alpha value is -0.970. The Balaban J connectivity index is 2.91. The van der Waals surface area contributed by atoms with Crippen LogP contribution in [0, 0.1) is 12.8 Å². The van der Waals surface area contributed by atoms with Crippen LogP contribution in [0.1, 0.15) is 51.4 Å². The van der Waals surface area contributed by atoms with Crippen molar-refractivity contribution in [3.05, 3.63) is 11.4 Å². The Labute approximate surface area is 133 Å². The van der Waals surface area contributed by atoms with E-state index in [0.29, 0.717) is 11.8 Å². The average molecular weight is 311 g/mol. The molecule has 0 saturated heterocycles.